The zero-order valence-corrected chi connectivity index (χ0v) is 22.9. The first kappa shape index (κ1) is 29.6. The third-order valence-electron chi connectivity index (χ3n) is 5.57. The van der Waals surface area contributed by atoms with Crippen molar-refractivity contribution in [1.29, 1.82) is 0 Å². The minimum Gasteiger partial charge on any atom is -0.444 e. The summed E-state index contributed by atoms with van der Waals surface area (Å²) in [4.78, 5) is 41.7. The van der Waals surface area contributed by atoms with Gasteiger partial charge in [-0.2, -0.15) is 0 Å². The third-order valence-corrected chi connectivity index (χ3v) is 5.57. The van der Waals surface area contributed by atoms with Gasteiger partial charge >= 0.3 is 6.09 Å². The minimum absolute atomic E-state index is 0.110. The van der Waals surface area contributed by atoms with E-state index in [4.69, 9.17) is 4.74 Å². The number of rotatable bonds is 11. The van der Waals surface area contributed by atoms with Crippen molar-refractivity contribution in [3.8, 4) is 0 Å². The summed E-state index contributed by atoms with van der Waals surface area (Å²) >= 11 is 0. The van der Waals surface area contributed by atoms with Crippen LogP contribution in [0.3, 0.4) is 0 Å². The average Bonchev–Trinajstić information content (AvgIpc) is 2.82. The Kier molecular flexibility index (Phi) is 10.9. The van der Waals surface area contributed by atoms with Crippen LogP contribution in [0.5, 0.6) is 0 Å². The van der Waals surface area contributed by atoms with Gasteiger partial charge in [-0.05, 0) is 51.2 Å². The molecule has 0 aliphatic heterocycles. The number of nitrogens with one attached hydrogen (secondary N) is 2. The highest BCUT2D eigenvalue weighted by Crippen LogP contribution is 2.24. The van der Waals surface area contributed by atoms with Crippen molar-refractivity contribution in [2.45, 2.75) is 72.2 Å². The van der Waals surface area contributed by atoms with Gasteiger partial charge in [-0.25, -0.2) is 4.79 Å². The first-order valence-corrected chi connectivity index (χ1v) is 12.7. The summed E-state index contributed by atoms with van der Waals surface area (Å²) < 4.78 is 5.41. The zero-order chi connectivity index (χ0) is 27.6. The van der Waals surface area contributed by atoms with E-state index >= 15 is 0 Å². The van der Waals surface area contributed by atoms with E-state index < -0.39 is 23.8 Å². The lowest BCUT2D eigenvalue weighted by Gasteiger charge is -2.34. The summed E-state index contributed by atoms with van der Waals surface area (Å²) in [5.74, 6) is -0.581. The zero-order valence-electron chi connectivity index (χ0n) is 22.9. The smallest absolute Gasteiger partial charge is 0.408 e. The van der Waals surface area contributed by atoms with Crippen molar-refractivity contribution >= 4 is 17.9 Å². The van der Waals surface area contributed by atoms with Gasteiger partial charge in [-0.3, -0.25) is 9.59 Å². The number of benzene rings is 2. The summed E-state index contributed by atoms with van der Waals surface area (Å²) in [6, 6.07) is 15.3. The summed E-state index contributed by atoms with van der Waals surface area (Å²) in [7, 11) is 0. The number of carbonyl (C=O) groups is 3. The molecule has 7 heteroatoms. The Labute approximate surface area is 221 Å². The number of hydrogen-bond donors (Lipinski definition) is 2. The van der Waals surface area contributed by atoms with Crippen LogP contribution in [0, 0.1) is 12.8 Å². The molecule has 0 saturated carbocycles. The monoisotopic (exact) mass is 507 g/mol. The summed E-state index contributed by atoms with van der Waals surface area (Å²) in [5, 5.41) is 5.72. The maximum atomic E-state index is 14.0. The predicted molar refractivity (Wildman–Crippen MR) is 147 cm³/mol. The van der Waals surface area contributed by atoms with Crippen LogP contribution in [0.2, 0.25) is 0 Å². The predicted octanol–water partition coefficient (Wildman–Crippen LogP) is 5.31. The van der Waals surface area contributed by atoms with Crippen molar-refractivity contribution in [2.75, 3.05) is 6.54 Å². The molecule has 2 N–H and O–H groups in total. The van der Waals surface area contributed by atoms with Crippen LogP contribution in [-0.2, 0) is 20.9 Å². The lowest BCUT2D eigenvalue weighted by atomic mass is 9.98. The molecular weight excluding hydrogens is 466 g/mol. The molecule has 7 nitrogen and oxygen atoms in total. The summed E-state index contributed by atoms with van der Waals surface area (Å²) in [6.07, 6.45) is 1.30. The van der Waals surface area contributed by atoms with Gasteiger partial charge in [-0.1, -0.05) is 80.1 Å². The van der Waals surface area contributed by atoms with E-state index in [0.717, 1.165) is 11.1 Å². The Morgan fingerprint density at radius 2 is 1.65 bits per heavy atom. The standard InChI is InChI=1S/C30H41N3O4/c1-8-18-33(28(35)25(19-21(2)3)32-29(36)37-30(5,6)7)26(24-16-14-22(4)15-17-24)27(34)31-20-23-12-10-9-11-13-23/h8-17,21,25-26H,1,18-20H2,2-7H3,(H,31,34)(H,32,36). The molecule has 2 atom stereocenters. The summed E-state index contributed by atoms with van der Waals surface area (Å²) in [6.45, 7) is 15.5. The van der Waals surface area contributed by atoms with Gasteiger partial charge < -0.3 is 20.3 Å². The van der Waals surface area contributed by atoms with Gasteiger partial charge in [0.05, 0.1) is 0 Å². The molecule has 0 bridgehead atoms. The second-order valence-electron chi connectivity index (χ2n) is 10.6. The maximum Gasteiger partial charge on any atom is 0.408 e. The highest BCUT2D eigenvalue weighted by molar-refractivity contribution is 5.92. The van der Waals surface area contributed by atoms with Gasteiger partial charge in [0.1, 0.15) is 17.7 Å². The van der Waals surface area contributed by atoms with Crippen molar-refractivity contribution in [1.82, 2.24) is 15.5 Å². The third kappa shape index (κ3) is 9.75. The molecule has 0 saturated heterocycles. The van der Waals surface area contributed by atoms with Crippen LogP contribution in [0.25, 0.3) is 0 Å². The Bertz CT molecular complexity index is 1040. The van der Waals surface area contributed by atoms with Crippen LogP contribution < -0.4 is 10.6 Å². The van der Waals surface area contributed by atoms with E-state index in [0.29, 0.717) is 18.5 Å². The molecule has 3 amide bonds. The van der Waals surface area contributed by atoms with Crippen LogP contribution >= 0.6 is 0 Å². The van der Waals surface area contributed by atoms with Crippen LogP contribution in [0.1, 0.15) is 63.8 Å². The average molecular weight is 508 g/mol. The molecule has 0 radical (unpaired) electrons. The summed E-state index contributed by atoms with van der Waals surface area (Å²) in [5.41, 5.74) is 1.95. The number of aryl methyl sites for hydroxylation is 1. The normalized spacial score (nSPS) is 12.8. The number of amides is 3. The van der Waals surface area contributed by atoms with Crippen molar-refractivity contribution < 1.29 is 19.1 Å². The highest BCUT2D eigenvalue weighted by Gasteiger charge is 2.36. The minimum atomic E-state index is -0.912. The van der Waals surface area contributed by atoms with Gasteiger partial charge in [0.25, 0.3) is 0 Å². The Balaban J connectivity index is 2.41. The van der Waals surface area contributed by atoms with E-state index in [9.17, 15) is 14.4 Å². The molecule has 200 valence electrons. The topological polar surface area (TPSA) is 87.7 Å². The molecule has 2 rings (SSSR count). The van der Waals surface area contributed by atoms with Crippen molar-refractivity contribution in [3.05, 3.63) is 83.9 Å². The Hall–Kier alpha value is -3.61. The van der Waals surface area contributed by atoms with E-state index in [2.05, 4.69) is 17.2 Å². The molecule has 0 aromatic heterocycles. The highest BCUT2D eigenvalue weighted by atomic mass is 16.6. The van der Waals surface area contributed by atoms with Crippen LogP contribution in [0.15, 0.2) is 67.3 Å². The molecule has 2 aromatic rings. The van der Waals surface area contributed by atoms with Gasteiger partial charge in [-0.15, -0.1) is 6.58 Å². The second kappa shape index (κ2) is 13.6. The molecule has 2 unspecified atom stereocenters. The number of hydrogen-bond acceptors (Lipinski definition) is 4. The lowest BCUT2D eigenvalue weighted by Crippen LogP contribution is -2.53. The van der Waals surface area contributed by atoms with E-state index in [1.807, 2.05) is 75.4 Å². The largest absolute Gasteiger partial charge is 0.444 e. The molecule has 0 aliphatic rings. The molecular formula is C30H41N3O4. The SMILES string of the molecule is C=CCN(C(=O)C(CC(C)C)NC(=O)OC(C)(C)C)C(C(=O)NCc1ccccc1)c1ccc(C)cc1. The number of ether oxygens (including phenoxy) is 1. The molecule has 0 fully saturated rings. The number of alkyl carbamates (subject to hydrolysis) is 1. The number of carbonyl (C=O) groups excluding carboxylic acids is 3. The van der Waals surface area contributed by atoms with Crippen molar-refractivity contribution in [2.24, 2.45) is 5.92 Å². The molecule has 2 aromatic carbocycles. The first-order chi connectivity index (χ1) is 17.4. The van der Waals surface area contributed by atoms with Crippen molar-refractivity contribution in [3.63, 3.8) is 0 Å². The molecule has 0 heterocycles. The second-order valence-corrected chi connectivity index (χ2v) is 10.6. The molecule has 37 heavy (non-hydrogen) atoms. The lowest BCUT2D eigenvalue weighted by molar-refractivity contribution is -0.142. The van der Waals surface area contributed by atoms with E-state index in [1.165, 1.54) is 4.90 Å². The van der Waals surface area contributed by atoms with Gasteiger partial charge in [0.2, 0.25) is 11.8 Å². The molecule has 0 spiro atoms. The van der Waals surface area contributed by atoms with E-state index in [-0.39, 0.29) is 24.3 Å². The Morgan fingerprint density at radius 1 is 1.03 bits per heavy atom. The molecule has 0 aliphatic carbocycles. The van der Waals surface area contributed by atoms with E-state index in [1.54, 1.807) is 26.8 Å². The fourth-order valence-electron chi connectivity index (χ4n) is 3.91. The first-order valence-electron chi connectivity index (χ1n) is 12.7. The van der Waals surface area contributed by atoms with Crippen LogP contribution in [0.4, 0.5) is 4.79 Å². The van der Waals surface area contributed by atoms with Gasteiger partial charge in [0, 0.05) is 13.1 Å². The maximum absolute atomic E-state index is 14.0. The van der Waals surface area contributed by atoms with Crippen LogP contribution in [-0.4, -0.2) is 41.0 Å². The quantitative estimate of drug-likeness (QED) is 0.404. The fourth-order valence-corrected chi connectivity index (χ4v) is 3.91. The fraction of sp³-hybridized carbons (Fsp3) is 0.433. The van der Waals surface area contributed by atoms with Gasteiger partial charge in [0.15, 0.2) is 0 Å². The number of nitrogens with zero attached hydrogens (tertiary/aromatic N) is 1. The Morgan fingerprint density at radius 3 is 2.19 bits per heavy atom.